The highest BCUT2D eigenvalue weighted by atomic mass is 32.2. The lowest BCUT2D eigenvalue weighted by Gasteiger charge is -2.06. The summed E-state index contributed by atoms with van der Waals surface area (Å²) in [5.41, 5.74) is 1.01. The molecule has 0 spiro atoms. The molecule has 4 heteroatoms. The monoisotopic (exact) mass is 237 g/mol. The molecule has 86 valence electrons. The topological polar surface area (TPSA) is 38.5 Å². The first-order chi connectivity index (χ1) is 7.52. The second-order valence-electron chi connectivity index (χ2n) is 3.73. The molecule has 0 aromatic heterocycles. The maximum atomic E-state index is 12.1. The number of benzene rings is 1. The minimum Gasteiger partial charge on any atom is -0.296 e. The summed E-state index contributed by atoms with van der Waals surface area (Å²) in [7, 11) is -3.48. The van der Waals surface area contributed by atoms with Gasteiger partial charge in [0.05, 0.1) is 4.90 Å². The molecule has 0 saturated carbocycles. The van der Waals surface area contributed by atoms with Gasteiger partial charge in [-0.3, -0.25) is 4.85 Å². The van der Waals surface area contributed by atoms with Gasteiger partial charge in [0.1, 0.15) is 0 Å². The van der Waals surface area contributed by atoms with Crippen LogP contribution < -0.4 is 0 Å². The number of nitrogens with zero attached hydrogens (tertiary/aromatic N) is 1. The number of hydrogen-bond donors (Lipinski definition) is 0. The lowest BCUT2D eigenvalue weighted by molar-refractivity contribution is 0.582. The average molecular weight is 237 g/mol. The van der Waals surface area contributed by atoms with Crippen LogP contribution >= 0.6 is 0 Å². The van der Waals surface area contributed by atoms with Crippen molar-refractivity contribution in [3.8, 4) is 0 Å². The zero-order chi connectivity index (χ0) is 12.2. The molecule has 1 aromatic carbocycles. The van der Waals surface area contributed by atoms with Crippen LogP contribution in [0.15, 0.2) is 29.2 Å². The van der Waals surface area contributed by atoms with Crippen LogP contribution in [0.25, 0.3) is 4.85 Å². The molecule has 0 amide bonds. The molecule has 16 heavy (non-hydrogen) atoms. The SMILES string of the molecule is [C-]#[N+][C@@H](CCC)S(=O)(=O)c1ccc(C)cc1. The molecular formula is C12H15NO2S. The van der Waals surface area contributed by atoms with E-state index < -0.39 is 15.2 Å². The Labute approximate surface area is 96.8 Å². The summed E-state index contributed by atoms with van der Waals surface area (Å²) in [6.07, 6.45) is 1.08. The first-order valence-electron chi connectivity index (χ1n) is 5.19. The average Bonchev–Trinajstić information content (AvgIpc) is 2.26. The number of rotatable bonds is 4. The van der Waals surface area contributed by atoms with Crippen molar-refractivity contribution in [2.75, 3.05) is 0 Å². The molecule has 1 aromatic rings. The van der Waals surface area contributed by atoms with Gasteiger partial charge in [-0.15, -0.1) is 0 Å². The van der Waals surface area contributed by atoms with E-state index in [0.29, 0.717) is 12.8 Å². The molecule has 0 radical (unpaired) electrons. The van der Waals surface area contributed by atoms with E-state index >= 15 is 0 Å². The van der Waals surface area contributed by atoms with Gasteiger partial charge in [0.2, 0.25) is 0 Å². The Morgan fingerprint density at radius 2 is 1.88 bits per heavy atom. The van der Waals surface area contributed by atoms with Crippen molar-refractivity contribution in [2.24, 2.45) is 0 Å². The van der Waals surface area contributed by atoms with Crippen molar-refractivity contribution in [1.29, 1.82) is 0 Å². The first kappa shape index (κ1) is 12.7. The van der Waals surface area contributed by atoms with Gasteiger partial charge in [0.15, 0.2) is 0 Å². The van der Waals surface area contributed by atoms with Crippen LogP contribution in [-0.4, -0.2) is 13.8 Å². The predicted octanol–water partition coefficient (Wildman–Crippen LogP) is 2.81. The quantitative estimate of drug-likeness (QED) is 0.755. The number of hydrogen-bond acceptors (Lipinski definition) is 2. The summed E-state index contributed by atoms with van der Waals surface area (Å²) in [5, 5.41) is -0.944. The fraction of sp³-hybridized carbons (Fsp3) is 0.417. The summed E-state index contributed by atoms with van der Waals surface area (Å²) < 4.78 is 24.1. The highest BCUT2D eigenvalue weighted by molar-refractivity contribution is 7.92. The molecule has 0 aliphatic carbocycles. The fourth-order valence-corrected chi connectivity index (χ4v) is 2.94. The molecule has 0 bridgehead atoms. The van der Waals surface area contributed by atoms with E-state index in [4.69, 9.17) is 6.57 Å². The van der Waals surface area contributed by atoms with Crippen molar-refractivity contribution in [2.45, 2.75) is 37.0 Å². The maximum absolute atomic E-state index is 12.1. The van der Waals surface area contributed by atoms with Crippen LogP contribution in [0.5, 0.6) is 0 Å². The van der Waals surface area contributed by atoms with Crippen molar-refractivity contribution in [3.05, 3.63) is 41.2 Å². The number of aryl methyl sites for hydroxylation is 1. The second-order valence-corrected chi connectivity index (χ2v) is 5.84. The highest BCUT2D eigenvalue weighted by Gasteiger charge is 2.31. The van der Waals surface area contributed by atoms with Crippen LogP contribution in [0.1, 0.15) is 25.3 Å². The van der Waals surface area contributed by atoms with Crippen molar-refractivity contribution >= 4 is 9.84 Å². The zero-order valence-electron chi connectivity index (χ0n) is 9.47. The molecule has 0 fully saturated rings. The second kappa shape index (κ2) is 5.13. The van der Waals surface area contributed by atoms with E-state index in [1.54, 1.807) is 24.3 Å². The molecular weight excluding hydrogens is 222 g/mol. The van der Waals surface area contributed by atoms with E-state index in [-0.39, 0.29) is 4.90 Å². The van der Waals surface area contributed by atoms with Gasteiger partial charge < -0.3 is 0 Å². The normalized spacial score (nSPS) is 13.1. The molecule has 1 rings (SSSR count). The molecule has 0 heterocycles. The van der Waals surface area contributed by atoms with E-state index in [1.807, 2.05) is 13.8 Å². The molecule has 0 unspecified atom stereocenters. The van der Waals surface area contributed by atoms with Crippen LogP contribution in [-0.2, 0) is 9.84 Å². The van der Waals surface area contributed by atoms with Gasteiger partial charge in [-0.1, -0.05) is 24.6 Å². The van der Waals surface area contributed by atoms with Crippen LogP contribution in [0.2, 0.25) is 0 Å². The van der Waals surface area contributed by atoms with Crippen molar-refractivity contribution in [3.63, 3.8) is 0 Å². The van der Waals surface area contributed by atoms with Gasteiger partial charge in [-0.2, -0.15) is 0 Å². The third kappa shape index (κ3) is 2.61. The lowest BCUT2D eigenvalue weighted by Crippen LogP contribution is -2.17. The summed E-state index contributed by atoms with van der Waals surface area (Å²) in [6, 6.07) is 6.64. The van der Waals surface area contributed by atoms with E-state index in [0.717, 1.165) is 5.56 Å². The first-order valence-corrected chi connectivity index (χ1v) is 6.74. The Kier molecular flexibility index (Phi) is 4.08. The molecule has 0 saturated heterocycles. The highest BCUT2D eigenvalue weighted by Crippen LogP contribution is 2.20. The summed E-state index contributed by atoms with van der Waals surface area (Å²) >= 11 is 0. The molecule has 0 aliphatic rings. The third-order valence-corrected chi connectivity index (χ3v) is 4.37. The molecule has 0 aliphatic heterocycles. The van der Waals surface area contributed by atoms with Gasteiger partial charge in [-0.05, 0) is 25.5 Å². The zero-order valence-corrected chi connectivity index (χ0v) is 10.3. The fourth-order valence-electron chi connectivity index (χ4n) is 1.42. The summed E-state index contributed by atoms with van der Waals surface area (Å²) in [5.74, 6) is 0. The molecule has 0 N–H and O–H groups in total. The van der Waals surface area contributed by atoms with Gasteiger partial charge in [-0.25, -0.2) is 15.0 Å². The minimum absolute atomic E-state index is 0.243. The Morgan fingerprint density at radius 3 is 2.31 bits per heavy atom. The van der Waals surface area contributed by atoms with Crippen LogP contribution in [0.3, 0.4) is 0 Å². The van der Waals surface area contributed by atoms with Gasteiger partial charge in [0.25, 0.3) is 9.84 Å². The van der Waals surface area contributed by atoms with Crippen LogP contribution in [0, 0.1) is 13.5 Å². The van der Waals surface area contributed by atoms with E-state index in [2.05, 4.69) is 4.85 Å². The summed E-state index contributed by atoms with van der Waals surface area (Å²) in [4.78, 5) is 3.45. The van der Waals surface area contributed by atoms with E-state index in [1.165, 1.54) is 0 Å². The van der Waals surface area contributed by atoms with Crippen LogP contribution in [0.4, 0.5) is 0 Å². The van der Waals surface area contributed by atoms with Crippen molar-refractivity contribution < 1.29 is 8.42 Å². The summed E-state index contributed by atoms with van der Waals surface area (Å²) in [6.45, 7) is 10.7. The molecule has 1 atom stereocenters. The predicted molar refractivity (Wildman–Crippen MR) is 63.7 cm³/mol. The Bertz CT molecular complexity index is 483. The van der Waals surface area contributed by atoms with Gasteiger partial charge >= 0.3 is 5.37 Å². The minimum atomic E-state index is -3.48. The molecule has 3 nitrogen and oxygen atoms in total. The Balaban J connectivity index is 3.11. The number of sulfone groups is 1. The smallest absolute Gasteiger partial charge is 0.296 e. The Morgan fingerprint density at radius 1 is 1.31 bits per heavy atom. The largest absolute Gasteiger partial charge is 0.325 e. The Hall–Kier alpha value is -1.34. The maximum Gasteiger partial charge on any atom is 0.325 e. The standard InChI is InChI=1S/C12H15NO2S/c1-4-5-12(13-3)16(14,15)11-8-6-10(2)7-9-11/h6-9,12H,4-5H2,1-2H3/t12-/m1/s1. The lowest BCUT2D eigenvalue weighted by atomic mass is 10.2. The van der Waals surface area contributed by atoms with Gasteiger partial charge in [0, 0.05) is 6.42 Å². The van der Waals surface area contributed by atoms with Crippen molar-refractivity contribution in [1.82, 2.24) is 0 Å². The van der Waals surface area contributed by atoms with E-state index in [9.17, 15) is 8.42 Å². The third-order valence-electron chi connectivity index (χ3n) is 2.39.